The highest BCUT2D eigenvalue weighted by Gasteiger charge is 2.14. The molecule has 0 amide bonds. The summed E-state index contributed by atoms with van der Waals surface area (Å²) in [6.45, 7) is 4.54. The van der Waals surface area contributed by atoms with Gasteiger partial charge in [0.05, 0.1) is 6.61 Å². The number of carbonyl (C=O) groups is 1. The lowest BCUT2D eigenvalue weighted by atomic mass is 10.2. The van der Waals surface area contributed by atoms with Gasteiger partial charge in [-0.1, -0.05) is 19.8 Å². The molecule has 0 bridgehead atoms. The molecule has 1 rings (SSSR count). The predicted molar refractivity (Wildman–Crippen MR) is 71.4 cm³/mol. The number of unbranched alkanes of at least 4 members (excludes halogenated alkanes) is 2. The fraction of sp³-hybridized carbons (Fsp3) is 0.583. The highest BCUT2D eigenvalue weighted by molar-refractivity contribution is 7.71. The van der Waals surface area contributed by atoms with Crippen molar-refractivity contribution in [1.29, 1.82) is 0 Å². The summed E-state index contributed by atoms with van der Waals surface area (Å²) in [4.78, 5) is 26.4. The number of aromatic amines is 1. The fourth-order valence-corrected chi connectivity index (χ4v) is 1.82. The van der Waals surface area contributed by atoms with Crippen LogP contribution in [0.2, 0.25) is 0 Å². The molecular formula is C12H18N2O3S. The van der Waals surface area contributed by atoms with Gasteiger partial charge < -0.3 is 9.72 Å². The summed E-state index contributed by atoms with van der Waals surface area (Å²) in [5.74, 6) is -0.613. The molecule has 0 aliphatic carbocycles. The molecule has 1 N–H and O–H groups in total. The van der Waals surface area contributed by atoms with Crippen molar-refractivity contribution < 1.29 is 9.53 Å². The third-order valence-corrected chi connectivity index (χ3v) is 2.88. The fourth-order valence-electron chi connectivity index (χ4n) is 1.59. The Morgan fingerprint density at radius 1 is 1.44 bits per heavy atom. The van der Waals surface area contributed by atoms with Gasteiger partial charge in [0.15, 0.2) is 4.77 Å². The number of nitrogens with zero attached hydrogens (tertiary/aromatic N) is 1. The number of ether oxygens (including phenoxy) is 1. The zero-order valence-corrected chi connectivity index (χ0v) is 11.5. The first kappa shape index (κ1) is 14.6. The second-order valence-electron chi connectivity index (χ2n) is 3.89. The molecule has 5 nitrogen and oxygen atoms in total. The average molecular weight is 270 g/mol. The van der Waals surface area contributed by atoms with Gasteiger partial charge in [-0.05, 0) is 25.6 Å². The van der Waals surface area contributed by atoms with Crippen molar-refractivity contribution in [2.24, 2.45) is 0 Å². The zero-order chi connectivity index (χ0) is 13.5. The van der Waals surface area contributed by atoms with E-state index in [9.17, 15) is 9.59 Å². The van der Waals surface area contributed by atoms with Gasteiger partial charge in [0, 0.05) is 12.7 Å². The second-order valence-corrected chi connectivity index (χ2v) is 4.28. The van der Waals surface area contributed by atoms with Crippen molar-refractivity contribution in [2.75, 3.05) is 6.61 Å². The smallest absolute Gasteiger partial charge is 0.345 e. The lowest BCUT2D eigenvalue weighted by Gasteiger charge is -2.07. The summed E-state index contributed by atoms with van der Waals surface area (Å²) in [5.41, 5.74) is -0.379. The molecule has 6 heteroatoms. The SMILES string of the molecule is CCCCCn1c(=S)[nH]cc(C(=O)OCC)c1=O. The first-order valence-electron chi connectivity index (χ1n) is 6.11. The maximum atomic E-state index is 12.1. The zero-order valence-electron chi connectivity index (χ0n) is 10.7. The maximum Gasteiger partial charge on any atom is 0.345 e. The molecule has 0 fully saturated rings. The number of carbonyl (C=O) groups excluding carboxylic acids is 1. The van der Waals surface area contributed by atoms with Gasteiger partial charge in [-0.15, -0.1) is 0 Å². The Morgan fingerprint density at radius 3 is 2.78 bits per heavy atom. The van der Waals surface area contributed by atoms with E-state index in [4.69, 9.17) is 17.0 Å². The second kappa shape index (κ2) is 7.10. The number of nitrogens with one attached hydrogen (secondary N) is 1. The number of esters is 1. The lowest BCUT2D eigenvalue weighted by molar-refractivity contribution is 0.0522. The first-order valence-corrected chi connectivity index (χ1v) is 6.52. The molecule has 100 valence electrons. The van der Waals surface area contributed by atoms with E-state index in [1.54, 1.807) is 6.92 Å². The van der Waals surface area contributed by atoms with Crippen molar-refractivity contribution in [3.63, 3.8) is 0 Å². The van der Waals surface area contributed by atoms with Crippen LogP contribution in [-0.4, -0.2) is 22.1 Å². The summed E-state index contributed by atoms with van der Waals surface area (Å²) < 4.78 is 6.57. The van der Waals surface area contributed by atoms with Gasteiger partial charge >= 0.3 is 5.97 Å². The van der Waals surface area contributed by atoms with E-state index < -0.39 is 5.97 Å². The molecule has 1 aromatic rings. The summed E-state index contributed by atoms with van der Waals surface area (Å²) in [5, 5.41) is 0. The first-order chi connectivity index (χ1) is 8.61. The van der Waals surface area contributed by atoms with Crippen LogP contribution in [0, 0.1) is 4.77 Å². The molecule has 0 saturated carbocycles. The molecule has 0 spiro atoms. The van der Waals surface area contributed by atoms with Gasteiger partial charge in [0.1, 0.15) is 5.56 Å². The van der Waals surface area contributed by atoms with Gasteiger partial charge in [-0.2, -0.15) is 0 Å². The van der Waals surface area contributed by atoms with E-state index >= 15 is 0 Å². The Kier molecular flexibility index (Phi) is 5.77. The van der Waals surface area contributed by atoms with Crippen LogP contribution in [0.1, 0.15) is 43.5 Å². The van der Waals surface area contributed by atoms with Crippen molar-refractivity contribution in [1.82, 2.24) is 9.55 Å². The highest BCUT2D eigenvalue weighted by atomic mass is 32.1. The average Bonchev–Trinajstić information content (AvgIpc) is 2.33. The van der Waals surface area contributed by atoms with Crippen LogP contribution in [0.4, 0.5) is 0 Å². The summed E-state index contributed by atoms with van der Waals surface area (Å²) >= 11 is 5.06. The number of rotatable bonds is 6. The van der Waals surface area contributed by atoms with Crippen molar-refractivity contribution in [3.05, 3.63) is 26.9 Å². The molecular weight excluding hydrogens is 252 g/mol. The van der Waals surface area contributed by atoms with Crippen molar-refractivity contribution in [3.8, 4) is 0 Å². The predicted octanol–water partition coefficient (Wildman–Crippen LogP) is 2.27. The topological polar surface area (TPSA) is 64.1 Å². The Morgan fingerprint density at radius 2 is 2.17 bits per heavy atom. The molecule has 0 aliphatic rings. The summed E-state index contributed by atoms with van der Waals surface area (Å²) in [6, 6.07) is 0. The molecule has 0 radical (unpaired) electrons. The minimum absolute atomic E-state index is 0.00180. The van der Waals surface area contributed by atoms with Crippen LogP contribution in [0.25, 0.3) is 0 Å². The molecule has 1 heterocycles. The summed E-state index contributed by atoms with van der Waals surface area (Å²) in [6.07, 6.45) is 4.26. The minimum Gasteiger partial charge on any atom is -0.462 e. The minimum atomic E-state index is -0.613. The maximum absolute atomic E-state index is 12.1. The largest absolute Gasteiger partial charge is 0.462 e. The Bertz CT molecular complexity index is 519. The lowest BCUT2D eigenvalue weighted by Crippen LogP contribution is -2.28. The third-order valence-electron chi connectivity index (χ3n) is 2.54. The van der Waals surface area contributed by atoms with E-state index in [2.05, 4.69) is 11.9 Å². The van der Waals surface area contributed by atoms with Crippen LogP contribution in [0.3, 0.4) is 0 Å². The molecule has 0 unspecified atom stereocenters. The molecule has 0 aromatic carbocycles. The van der Waals surface area contributed by atoms with E-state index in [0.717, 1.165) is 19.3 Å². The van der Waals surface area contributed by atoms with E-state index in [0.29, 0.717) is 11.3 Å². The van der Waals surface area contributed by atoms with E-state index in [1.807, 2.05) is 0 Å². The van der Waals surface area contributed by atoms with Gasteiger partial charge in [0.2, 0.25) is 0 Å². The van der Waals surface area contributed by atoms with Gasteiger partial charge in [0.25, 0.3) is 5.56 Å². The van der Waals surface area contributed by atoms with Crippen LogP contribution in [-0.2, 0) is 11.3 Å². The number of hydrogen-bond donors (Lipinski definition) is 1. The standard InChI is InChI=1S/C12H18N2O3S/c1-3-5-6-7-14-10(15)9(8-13-12(14)18)11(16)17-4-2/h8H,3-7H2,1-2H3,(H,13,18). The monoisotopic (exact) mass is 270 g/mol. The van der Waals surface area contributed by atoms with Crippen LogP contribution in [0.5, 0.6) is 0 Å². The Balaban J connectivity index is 3.03. The summed E-state index contributed by atoms with van der Waals surface area (Å²) in [7, 11) is 0. The van der Waals surface area contributed by atoms with E-state index in [1.165, 1.54) is 10.8 Å². The quantitative estimate of drug-likeness (QED) is 0.489. The molecule has 1 aromatic heterocycles. The highest BCUT2D eigenvalue weighted by Crippen LogP contribution is 1.99. The van der Waals surface area contributed by atoms with Gasteiger partial charge in [-0.3, -0.25) is 9.36 Å². The van der Waals surface area contributed by atoms with Gasteiger partial charge in [-0.25, -0.2) is 4.79 Å². The Hall–Kier alpha value is -1.43. The van der Waals surface area contributed by atoms with E-state index in [-0.39, 0.29) is 17.7 Å². The molecule has 0 saturated heterocycles. The normalized spacial score (nSPS) is 10.3. The molecule has 18 heavy (non-hydrogen) atoms. The molecule has 0 atom stereocenters. The number of H-pyrrole nitrogens is 1. The van der Waals surface area contributed by atoms with Crippen LogP contribution in [0.15, 0.2) is 11.0 Å². The molecule has 0 aliphatic heterocycles. The van der Waals surface area contributed by atoms with Crippen LogP contribution >= 0.6 is 12.2 Å². The van der Waals surface area contributed by atoms with Crippen LogP contribution < -0.4 is 5.56 Å². The third kappa shape index (κ3) is 3.53. The van der Waals surface area contributed by atoms with Crippen molar-refractivity contribution in [2.45, 2.75) is 39.7 Å². The van der Waals surface area contributed by atoms with Crippen molar-refractivity contribution >= 4 is 18.2 Å². The Labute approximate surface area is 111 Å². The number of hydrogen-bond acceptors (Lipinski definition) is 4. The number of aromatic nitrogens is 2.